The number of aliphatic hydroxyl groups is 1. The number of aromatic nitrogens is 3. The van der Waals surface area contributed by atoms with Crippen LogP contribution >= 0.6 is 11.6 Å². The molecule has 0 fully saturated rings. The number of nitrogens with one attached hydrogen (secondary N) is 1. The van der Waals surface area contributed by atoms with Gasteiger partial charge in [-0.05, 0) is 30.7 Å². The maximum atomic E-state index is 14.1. The number of amides is 2. The number of ether oxygens (including phenoxy) is 2. The van der Waals surface area contributed by atoms with Crippen LogP contribution in [0.1, 0.15) is 24.2 Å². The highest BCUT2D eigenvalue weighted by Gasteiger charge is 2.19. The topological polar surface area (TPSA) is 125 Å². The first kappa shape index (κ1) is 23.7. The molecular weight excluding hydrogens is 441 g/mol. The van der Waals surface area contributed by atoms with E-state index in [9.17, 15) is 14.3 Å². The third kappa shape index (κ3) is 5.64. The summed E-state index contributed by atoms with van der Waals surface area (Å²) in [5.74, 6) is -0.500. The van der Waals surface area contributed by atoms with Crippen molar-refractivity contribution in [2.24, 2.45) is 5.73 Å². The van der Waals surface area contributed by atoms with E-state index in [-0.39, 0.29) is 25.4 Å². The van der Waals surface area contributed by atoms with Gasteiger partial charge in [-0.3, -0.25) is 4.68 Å². The number of fused-ring (bicyclic) bond motifs is 1. The van der Waals surface area contributed by atoms with Crippen LogP contribution in [0.2, 0.25) is 5.15 Å². The zero-order valence-electron chi connectivity index (χ0n) is 17.7. The lowest BCUT2D eigenvalue weighted by Gasteiger charge is -2.20. The number of pyridine rings is 1. The van der Waals surface area contributed by atoms with Crippen molar-refractivity contribution in [3.05, 3.63) is 52.7 Å². The molecule has 9 nitrogen and oxygen atoms in total. The van der Waals surface area contributed by atoms with Crippen LogP contribution in [0, 0.1) is 5.82 Å². The van der Waals surface area contributed by atoms with E-state index in [4.69, 9.17) is 26.8 Å². The Balaban J connectivity index is 1.66. The lowest BCUT2D eigenvalue weighted by Crippen LogP contribution is -2.36. The Morgan fingerprint density at radius 3 is 2.81 bits per heavy atom. The van der Waals surface area contributed by atoms with Gasteiger partial charge in [-0.25, -0.2) is 14.2 Å². The van der Waals surface area contributed by atoms with Crippen molar-refractivity contribution in [1.29, 1.82) is 0 Å². The van der Waals surface area contributed by atoms with E-state index in [1.165, 1.54) is 19.2 Å². The smallest absolute Gasteiger partial charge is 0.312 e. The molecule has 2 amide bonds. The molecule has 3 rings (SSSR count). The molecule has 2 heterocycles. The van der Waals surface area contributed by atoms with E-state index in [0.717, 1.165) is 10.9 Å². The quantitative estimate of drug-likeness (QED) is 0.395. The van der Waals surface area contributed by atoms with Crippen molar-refractivity contribution in [3.63, 3.8) is 0 Å². The summed E-state index contributed by atoms with van der Waals surface area (Å²) in [5.41, 5.74) is 7.09. The SMILES string of the molecule is CCn1ncc2cc(Cl)nc(CC(O)COC[C@@H](NC(N)=O)c3ccc(OC)c(F)c3)c21. The van der Waals surface area contributed by atoms with Crippen LogP contribution in [0.4, 0.5) is 9.18 Å². The lowest BCUT2D eigenvalue weighted by molar-refractivity contribution is 0.0283. The fourth-order valence-electron chi connectivity index (χ4n) is 3.44. The number of hydrogen-bond acceptors (Lipinski definition) is 6. The van der Waals surface area contributed by atoms with Crippen molar-refractivity contribution in [3.8, 4) is 5.75 Å². The summed E-state index contributed by atoms with van der Waals surface area (Å²) in [6.45, 7) is 2.52. The number of hydrogen-bond donors (Lipinski definition) is 3. The molecule has 0 saturated carbocycles. The van der Waals surface area contributed by atoms with E-state index < -0.39 is 24.0 Å². The predicted molar refractivity (Wildman–Crippen MR) is 117 cm³/mol. The number of methoxy groups -OCH3 is 1. The molecule has 11 heteroatoms. The Morgan fingerprint density at radius 2 is 2.16 bits per heavy atom. The highest BCUT2D eigenvalue weighted by Crippen LogP contribution is 2.24. The van der Waals surface area contributed by atoms with E-state index in [2.05, 4.69) is 15.4 Å². The van der Waals surface area contributed by atoms with Crippen LogP contribution < -0.4 is 15.8 Å². The van der Waals surface area contributed by atoms with Gasteiger partial charge in [-0.1, -0.05) is 17.7 Å². The number of nitrogens with two attached hydrogens (primary N) is 1. The van der Waals surface area contributed by atoms with Crippen molar-refractivity contribution >= 4 is 28.5 Å². The number of aryl methyl sites for hydroxylation is 1. The largest absolute Gasteiger partial charge is 0.494 e. The number of primary amides is 1. The maximum Gasteiger partial charge on any atom is 0.312 e. The number of carbonyl (C=O) groups excluding carboxylic acids is 1. The number of nitrogens with zero attached hydrogens (tertiary/aromatic N) is 3. The molecule has 3 aromatic rings. The molecule has 32 heavy (non-hydrogen) atoms. The van der Waals surface area contributed by atoms with Gasteiger partial charge in [-0.2, -0.15) is 5.10 Å². The summed E-state index contributed by atoms with van der Waals surface area (Å²) in [7, 11) is 1.36. The van der Waals surface area contributed by atoms with Crippen LogP contribution in [0.5, 0.6) is 5.75 Å². The first-order valence-corrected chi connectivity index (χ1v) is 10.4. The number of urea groups is 1. The van der Waals surface area contributed by atoms with Crippen molar-refractivity contribution in [2.75, 3.05) is 20.3 Å². The second-order valence-electron chi connectivity index (χ2n) is 7.14. The Kier molecular flexibility index (Phi) is 7.84. The fraction of sp³-hybridized carbons (Fsp3) is 0.381. The van der Waals surface area contributed by atoms with Gasteiger partial charge in [0.1, 0.15) is 5.15 Å². The van der Waals surface area contributed by atoms with Crippen LogP contribution in [0.3, 0.4) is 0 Å². The van der Waals surface area contributed by atoms with Crippen LogP contribution in [0.25, 0.3) is 10.9 Å². The van der Waals surface area contributed by atoms with Crippen LogP contribution in [0.15, 0.2) is 30.5 Å². The molecule has 172 valence electrons. The lowest BCUT2D eigenvalue weighted by atomic mass is 10.1. The molecule has 0 spiro atoms. The first-order chi connectivity index (χ1) is 15.3. The van der Waals surface area contributed by atoms with Gasteiger partial charge < -0.3 is 25.6 Å². The van der Waals surface area contributed by atoms with E-state index in [1.807, 2.05) is 6.92 Å². The summed E-state index contributed by atoms with van der Waals surface area (Å²) in [6.07, 6.45) is 0.993. The second-order valence-corrected chi connectivity index (χ2v) is 7.53. The zero-order chi connectivity index (χ0) is 23.3. The molecule has 1 aromatic carbocycles. The standard InChI is InChI=1S/C21H25ClFN5O4/c1-3-28-20-13(9-25-28)7-19(22)26-16(20)8-14(29)10-32-11-17(27-21(24)30)12-4-5-18(31-2)15(23)6-12/h4-7,9,14,17,29H,3,8,10-11H2,1-2H3,(H3,24,27,30)/t14?,17-/m1/s1. The molecule has 0 bridgehead atoms. The van der Waals surface area contributed by atoms with Crippen molar-refractivity contribution in [2.45, 2.75) is 32.0 Å². The first-order valence-electron chi connectivity index (χ1n) is 9.98. The Hall–Kier alpha value is -2.95. The predicted octanol–water partition coefficient (Wildman–Crippen LogP) is 2.58. The van der Waals surface area contributed by atoms with Gasteiger partial charge in [0.25, 0.3) is 0 Å². The van der Waals surface area contributed by atoms with Crippen LogP contribution in [-0.4, -0.2) is 52.3 Å². The molecule has 2 atom stereocenters. The molecule has 2 aromatic heterocycles. The van der Waals surface area contributed by atoms with E-state index >= 15 is 0 Å². The average Bonchev–Trinajstić information content (AvgIpc) is 3.15. The molecule has 0 aliphatic rings. The number of carbonyl (C=O) groups is 1. The third-order valence-electron chi connectivity index (χ3n) is 4.88. The zero-order valence-corrected chi connectivity index (χ0v) is 18.5. The Labute approximate surface area is 189 Å². The van der Waals surface area contributed by atoms with Gasteiger partial charge in [-0.15, -0.1) is 0 Å². The molecule has 0 aliphatic heterocycles. The minimum absolute atomic E-state index is 0.0307. The molecule has 0 radical (unpaired) electrons. The Bertz CT molecular complexity index is 1090. The van der Waals surface area contributed by atoms with Crippen molar-refractivity contribution < 1.29 is 23.8 Å². The van der Waals surface area contributed by atoms with Gasteiger partial charge in [0.2, 0.25) is 0 Å². The van der Waals surface area contributed by atoms with Gasteiger partial charge in [0, 0.05) is 18.4 Å². The van der Waals surface area contributed by atoms with Gasteiger partial charge in [0.15, 0.2) is 11.6 Å². The summed E-state index contributed by atoms with van der Waals surface area (Å²) in [4.78, 5) is 15.7. The van der Waals surface area contributed by atoms with Crippen molar-refractivity contribution in [1.82, 2.24) is 20.1 Å². The second kappa shape index (κ2) is 10.6. The minimum Gasteiger partial charge on any atom is -0.494 e. The molecule has 1 unspecified atom stereocenters. The Morgan fingerprint density at radius 1 is 1.38 bits per heavy atom. The number of benzene rings is 1. The summed E-state index contributed by atoms with van der Waals surface area (Å²) in [5, 5.41) is 18.5. The minimum atomic E-state index is -0.897. The summed E-state index contributed by atoms with van der Waals surface area (Å²) >= 11 is 6.10. The van der Waals surface area contributed by atoms with Crippen LogP contribution in [-0.2, 0) is 17.7 Å². The number of halogens is 2. The summed E-state index contributed by atoms with van der Waals surface area (Å²) in [6, 6.07) is 4.50. The molecule has 0 aliphatic carbocycles. The maximum absolute atomic E-state index is 14.1. The molecular formula is C21H25ClFN5O4. The normalized spacial score (nSPS) is 13.2. The monoisotopic (exact) mass is 465 g/mol. The molecule has 0 saturated heterocycles. The van der Waals surface area contributed by atoms with Gasteiger partial charge >= 0.3 is 6.03 Å². The summed E-state index contributed by atoms with van der Waals surface area (Å²) < 4.78 is 26.4. The van der Waals surface area contributed by atoms with E-state index in [1.54, 1.807) is 23.0 Å². The molecule has 4 N–H and O–H groups in total. The average molecular weight is 466 g/mol. The van der Waals surface area contributed by atoms with Gasteiger partial charge in [0.05, 0.1) is 49.9 Å². The van der Waals surface area contributed by atoms with E-state index in [0.29, 0.717) is 23.0 Å². The highest BCUT2D eigenvalue weighted by atomic mass is 35.5. The number of aliphatic hydroxyl groups excluding tert-OH is 1. The number of rotatable bonds is 10. The highest BCUT2D eigenvalue weighted by molar-refractivity contribution is 6.30. The third-order valence-corrected chi connectivity index (χ3v) is 5.07. The fourth-order valence-corrected chi connectivity index (χ4v) is 3.66.